The number of hydrogen-bond acceptors (Lipinski definition) is 4. The number of para-hydroxylation sites is 1. The number of oxazole rings is 1. The van der Waals surface area contributed by atoms with E-state index < -0.39 is 0 Å². The number of benzene rings is 1. The van der Waals surface area contributed by atoms with E-state index in [2.05, 4.69) is 11.1 Å². The van der Waals surface area contributed by atoms with E-state index in [1.54, 1.807) is 7.11 Å². The predicted molar refractivity (Wildman–Crippen MR) is 74.4 cm³/mol. The van der Waals surface area contributed by atoms with E-state index in [1.807, 2.05) is 12.1 Å². The number of hydrogen-bond donors (Lipinski definition) is 1. The maximum Gasteiger partial charge on any atom is 0.394 e. The lowest BCUT2D eigenvalue weighted by molar-refractivity contribution is 0.299. The average molecular weight is 260 g/mol. The molecule has 0 spiro atoms. The van der Waals surface area contributed by atoms with Gasteiger partial charge >= 0.3 is 6.08 Å². The van der Waals surface area contributed by atoms with Gasteiger partial charge in [0.05, 0.1) is 7.11 Å². The van der Waals surface area contributed by atoms with E-state index in [1.165, 1.54) is 24.8 Å². The lowest BCUT2D eigenvalue weighted by atomic mass is 9.69. The molecule has 0 radical (unpaired) electrons. The number of nitrogens with zero attached hydrogens (tertiary/aromatic N) is 1. The van der Waals surface area contributed by atoms with Crippen LogP contribution in [0.5, 0.6) is 6.08 Å². The summed E-state index contributed by atoms with van der Waals surface area (Å²) in [6, 6.07) is 6.10. The van der Waals surface area contributed by atoms with Crippen LogP contribution in [0, 0.1) is 0 Å². The third-order valence-electron chi connectivity index (χ3n) is 4.35. The quantitative estimate of drug-likeness (QED) is 0.921. The first kappa shape index (κ1) is 12.5. The first-order valence-corrected chi connectivity index (χ1v) is 6.93. The van der Waals surface area contributed by atoms with Gasteiger partial charge in [0.15, 0.2) is 5.58 Å². The third kappa shape index (κ3) is 2.00. The molecule has 0 unspecified atom stereocenters. The Morgan fingerprint density at radius 2 is 2.11 bits per heavy atom. The monoisotopic (exact) mass is 260 g/mol. The molecule has 0 saturated heterocycles. The van der Waals surface area contributed by atoms with Crippen molar-refractivity contribution in [3.63, 3.8) is 0 Å². The van der Waals surface area contributed by atoms with E-state index in [-0.39, 0.29) is 5.41 Å². The fourth-order valence-corrected chi connectivity index (χ4v) is 3.26. The third-order valence-corrected chi connectivity index (χ3v) is 4.35. The highest BCUT2D eigenvalue weighted by atomic mass is 16.6. The largest absolute Gasteiger partial charge is 0.453 e. The summed E-state index contributed by atoms with van der Waals surface area (Å²) in [6.07, 6.45) is 6.38. The Kier molecular flexibility index (Phi) is 3.19. The number of ether oxygens (including phenoxy) is 1. The van der Waals surface area contributed by atoms with Crippen molar-refractivity contribution in [1.29, 1.82) is 0 Å². The van der Waals surface area contributed by atoms with Crippen molar-refractivity contribution >= 4 is 11.1 Å². The second kappa shape index (κ2) is 4.85. The normalized spacial score (nSPS) is 18.6. The molecule has 0 aliphatic heterocycles. The van der Waals surface area contributed by atoms with Gasteiger partial charge in [-0.3, -0.25) is 0 Å². The van der Waals surface area contributed by atoms with E-state index in [0.29, 0.717) is 12.6 Å². The van der Waals surface area contributed by atoms with Crippen LogP contribution in [0.15, 0.2) is 22.6 Å². The van der Waals surface area contributed by atoms with Gasteiger partial charge in [0, 0.05) is 12.0 Å². The zero-order valence-electron chi connectivity index (χ0n) is 11.3. The summed E-state index contributed by atoms with van der Waals surface area (Å²) >= 11 is 0. The van der Waals surface area contributed by atoms with Crippen molar-refractivity contribution in [2.75, 3.05) is 13.7 Å². The molecule has 0 bridgehead atoms. The van der Waals surface area contributed by atoms with Crippen molar-refractivity contribution in [2.24, 2.45) is 5.73 Å². The number of methoxy groups -OCH3 is 1. The molecule has 1 aromatic heterocycles. The SMILES string of the molecule is COc1nc2c(C3(CN)CCCCC3)cccc2o1. The van der Waals surface area contributed by atoms with E-state index in [9.17, 15) is 0 Å². The fourth-order valence-electron chi connectivity index (χ4n) is 3.26. The molecular weight excluding hydrogens is 240 g/mol. The van der Waals surface area contributed by atoms with Crippen molar-refractivity contribution in [2.45, 2.75) is 37.5 Å². The summed E-state index contributed by atoms with van der Waals surface area (Å²) in [6.45, 7) is 0.668. The number of aromatic nitrogens is 1. The molecular formula is C15H20N2O2. The first-order valence-electron chi connectivity index (χ1n) is 6.93. The fraction of sp³-hybridized carbons (Fsp3) is 0.533. The molecule has 1 fully saturated rings. The van der Waals surface area contributed by atoms with Crippen LogP contribution in [0.2, 0.25) is 0 Å². The maximum atomic E-state index is 6.11. The van der Waals surface area contributed by atoms with Crippen molar-refractivity contribution < 1.29 is 9.15 Å². The molecule has 2 N–H and O–H groups in total. The summed E-state index contributed by atoms with van der Waals surface area (Å²) in [5.74, 6) is 0. The smallest absolute Gasteiger partial charge is 0.394 e. The predicted octanol–water partition coefficient (Wildman–Crippen LogP) is 3.00. The van der Waals surface area contributed by atoms with Crippen LogP contribution in [0.4, 0.5) is 0 Å². The number of fused-ring (bicyclic) bond motifs is 1. The van der Waals surface area contributed by atoms with Crippen molar-refractivity contribution in [1.82, 2.24) is 4.98 Å². The zero-order chi connectivity index (χ0) is 13.3. The highest BCUT2D eigenvalue weighted by molar-refractivity contribution is 5.78. The van der Waals surface area contributed by atoms with Gasteiger partial charge in [-0.05, 0) is 24.5 Å². The zero-order valence-corrected chi connectivity index (χ0v) is 11.3. The van der Waals surface area contributed by atoms with Crippen LogP contribution in [0.1, 0.15) is 37.7 Å². The van der Waals surface area contributed by atoms with Crippen LogP contribution >= 0.6 is 0 Å². The molecule has 19 heavy (non-hydrogen) atoms. The average Bonchev–Trinajstić information content (AvgIpc) is 2.91. The first-order chi connectivity index (χ1) is 9.29. The molecule has 1 heterocycles. The highest BCUT2D eigenvalue weighted by Gasteiger charge is 2.34. The molecule has 4 nitrogen and oxygen atoms in total. The van der Waals surface area contributed by atoms with Gasteiger partial charge in [0.2, 0.25) is 0 Å². The summed E-state index contributed by atoms with van der Waals surface area (Å²) in [4.78, 5) is 4.45. The van der Waals surface area contributed by atoms with Crippen molar-refractivity contribution in [3.05, 3.63) is 23.8 Å². The van der Waals surface area contributed by atoms with Gasteiger partial charge in [-0.15, -0.1) is 0 Å². The molecule has 1 aromatic carbocycles. The summed E-state index contributed by atoms with van der Waals surface area (Å²) in [5, 5.41) is 0. The summed E-state index contributed by atoms with van der Waals surface area (Å²) in [5.41, 5.74) is 9.08. The molecule has 1 aliphatic rings. The van der Waals surface area contributed by atoms with Gasteiger partial charge in [-0.25, -0.2) is 0 Å². The van der Waals surface area contributed by atoms with Gasteiger partial charge in [0.1, 0.15) is 5.52 Å². The lowest BCUT2D eigenvalue weighted by Crippen LogP contribution is -2.37. The van der Waals surface area contributed by atoms with Gasteiger partial charge in [-0.2, -0.15) is 4.98 Å². The van der Waals surface area contributed by atoms with Crippen LogP contribution < -0.4 is 10.5 Å². The minimum Gasteiger partial charge on any atom is -0.453 e. The number of nitrogens with two attached hydrogens (primary N) is 1. The highest BCUT2D eigenvalue weighted by Crippen LogP contribution is 2.41. The maximum absolute atomic E-state index is 6.11. The van der Waals surface area contributed by atoms with E-state index in [0.717, 1.165) is 23.9 Å². The second-order valence-electron chi connectivity index (χ2n) is 5.38. The number of rotatable bonds is 3. The van der Waals surface area contributed by atoms with E-state index in [4.69, 9.17) is 14.9 Å². The molecule has 0 atom stereocenters. The molecule has 1 saturated carbocycles. The van der Waals surface area contributed by atoms with Crippen LogP contribution in [-0.2, 0) is 5.41 Å². The Balaban J connectivity index is 2.14. The van der Waals surface area contributed by atoms with Gasteiger partial charge in [-0.1, -0.05) is 31.4 Å². The van der Waals surface area contributed by atoms with Crippen LogP contribution in [-0.4, -0.2) is 18.6 Å². The topological polar surface area (TPSA) is 61.3 Å². The van der Waals surface area contributed by atoms with Gasteiger partial charge in [0.25, 0.3) is 0 Å². The van der Waals surface area contributed by atoms with Gasteiger partial charge < -0.3 is 14.9 Å². The lowest BCUT2D eigenvalue weighted by Gasteiger charge is -2.36. The molecule has 4 heteroatoms. The molecule has 1 aliphatic carbocycles. The van der Waals surface area contributed by atoms with Crippen LogP contribution in [0.25, 0.3) is 11.1 Å². The second-order valence-corrected chi connectivity index (χ2v) is 5.38. The molecule has 0 amide bonds. The minimum atomic E-state index is 0.0552. The Labute approximate surface area is 112 Å². The molecule has 2 aromatic rings. The molecule has 102 valence electrons. The Morgan fingerprint density at radius 1 is 1.32 bits per heavy atom. The van der Waals surface area contributed by atoms with E-state index >= 15 is 0 Å². The summed E-state index contributed by atoms with van der Waals surface area (Å²) in [7, 11) is 1.57. The van der Waals surface area contributed by atoms with Crippen LogP contribution in [0.3, 0.4) is 0 Å². The standard InChI is InChI=1S/C15H20N2O2/c1-18-14-17-13-11(6-5-7-12(13)19-14)15(10-16)8-3-2-4-9-15/h5-7H,2-4,8-10,16H2,1H3. The Hall–Kier alpha value is -1.55. The summed E-state index contributed by atoms with van der Waals surface area (Å²) < 4.78 is 10.7. The minimum absolute atomic E-state index is 0.0552. The Morgan fingerprint density at radius 3 is 2.79 bits per heavy atom. The molecule has 3 rings (SSSR count). The van der Waals surface area contributed by atoms with Crippen molar-refractivity contribution in [3.8, 4) is 6.08 Å². The Bertz CT molecular complexity index is 571.